The highest BCUT2D eigenvalue weighted by molar-refractivity contribution is 5.87. The summed E-state index contributed by atoms with van der Waals surface area (Å²) in [6.45, 7) is 2.90. The number of aromatic nitrogens is 2. The van der Waals surface area contributed by atoms with E-state index >= 15 is 0 Å². The van der Waals surface area contributed by atoms with Gasteiger partial charge in [0.25, 0.3) is 5.69 Å². The number of phenols is 1. The minimum absolute atomic E-state index is 0.0643. The van der Waals surface area contributed by atoms with E-state index in [4.69, 9.17) is 0 Å². The number of aromatic hydroxyl groups is 1. The van der Waals surface area contributed by atoms with Gasteiger partial charge in [0.1, 0.15) is 5.75 Å². The molecule has 1 heterocycles. The Morgan fingerprint density at radius 2 is 2.12 bits per heavy atom. The van der Waals surface area contributed by atoms with Crippen LogP contribution in [0.1, 0.15) is 25.3 Å². The number of phenolic OH excluding ortho intramolecular Hbond substituents is 1. The maximum atomic E-state index is 10.9. The van der Waals surface area contributed by atoms with Crippen LogP contribution in [0, 0.1) is 10.1 Å². The van der Waals surface area contributed by atoms with Gasteiger partial charge in [0.05, 0.1) is 16.0 Å². The Bertz CT molecular complexity index is 947. The average Bonchev–Trinajstić information content (AvgIpc) is 2.96. The first-order valence-electron chi connectivity index (χ1n) is 8.07. The molecule has 0 fully saturated rings. The molecule has 0 radical (unpaired) electrons. The summed E-state index contributed by atoms with van der Waals surface area (Å²) < 4.78 is 2.02. The third kappa shape index (κ3) is 3.50. The lowest BCUT2D eigenvalue weighted by atomic mass is 10.2. The molecule has 0 aliphatic heterocycles. The number of para-hydroxylation sites is 2. The molecule has 2 aromatic carbocycles. The first kappa shape index (κ1) is 16.6. The van der Waals surface area contributed by atoms with Gasteiger partial charge in [-0.15, -0.1) is 0 Å². The predicted molar refractivity (Wildman–Crippen MR) is 96.7 cm³/mol. The highest BCUT2D eigenvalue weighted by Gasteiger charge is 2.11. The van der Waals surface area contributed by atoms with Crippen LogP contribution < -0.4 is 0 Å². The number of aliphatic imine (C=N–C) groups is 1. The van der Waals surface area contributed by atoms with Crippen molar-refractivity contribution in [3.63, 3.8) is 0 Å². The van der Waals surface area contributed by atoms with Crippen LogP contribution in [0.15, 0.2) is 47.5 Å². The number of benzene rings is 2. The summed E-state index contributed by atoms with van der Waals surface area (Å²) in [7, 11) is 0. The van der Waals surface area contributed by atoms with E-state index in [2.05, 4.69) is 16.9 Å². The highest BCUT2D eigenvalue weighted by Crippen LogP contribution is 2.25. The molecule has 1 N–H and O–H groups in total. The number of imidazole rings is 1. The Balaban J connectivity index is 2.01. The third-order valence-electron chi connectivity index (χ3n) is 3.91. The van der Waals surface area contributed by atoms with Crippen molar-refractivity contribution in [3.8, 4) is 5.75 Å². The van der Waals surface area contributed by atoms with Crippen LogP contribution in [0.2, 0.25) is 0 Å². The fourth-order valence-corrected chi connectivity index (χ4v) is 2.58. The Labute approximate surface area is 144 Å². The number of aryl methyl sites for hydroxylation is 1. The summed E-state index contributed by atoms with van der Waals surface area (Å²) in [5.41, 5.74) is 2.02. The topological polar surface area (TPSA) is 93.5 Å². The molecular weight excluding hydrogens is 320 g/mol. The number of hydrogen-bond acceptors (Lipinski definition) is 5. The van der Waals surface area contributed by atoms with Gasteiger partial charge in [-0.05, 0) is 24.6 Å². The van der Waals surface area contributed by atoms with Crippen molar-refractivity contribution in [2.24, 2.45) is 4.99 Å². The molecule has 0 atom stereocenters. The molecule has 3 aromatic rings. The lowest BCUT2D eigenvalue weighted by Crippen LogP contribution is -1.97. The van der Waals surface area contributed by atoms with Crippen molar-refractivity contribution < 1.29 is 10.0 Å². The molecule has 0 bridgehead atoms. The van der Waals surface area contributed by atoms with Gasteiger partial charge in [0.2, 0.25) is 5.95 Å². The van der Waals surface area contributed by atoms with E-state index < -0.39 is 4.92 Å². The van der Waals surface area contributed by atoms with E-state index in [9.17, 15) is 15.2 Å². The van der Waals surface area contributed by atoms with E-state index in [0.29, 0.717) is 5.95 Å². The number of hydrogen-bond donors (Lipinski definition) is 1. The summed E-state index contributed by atoms with van der Waals surface area (Å²) >= 11 is 0. The Kier molecular flexibility index (Phi) is 4.74. The molecule has 7 heteroatoms. The second-order valence-corrected chi connectivity index (χ2v) is 5.66. The summed E-state index contributed by atoms with van der Waals surface area (Å²) in [6.07, 6.45) is 3.44. The van der Waals surface area contributed by atoms with E-state index in [0.717, 1.165) is 30.4 Å². The number of unbranched alkanes of at least 4 members (excludes halogenated alkanes) is 1. The van der Waals surface area contributed by atoms with Crippen molar-refractivity contribution in [2.45, 2.75) is 26.3 Å². The van der Waals surface area contributed by atoms with Crippen molar-refractivity contribution >= 4 is 28.9 Å². The molecule has 0 saturated heterocycles. The number of nitro benzene ring substituents is 1. The second-order valence-electron chi connectivity index (χ2n) is 5.66. The van der Waals surface area contributed by atoms with Crippen molar-refractivity contribution in [3.05, 3.63) is 58.1 Å². The zero-order valence-electron chi connectivity index (χ0n) is 13.8. The van der Waals surface area contributed by atoms with Gasteiger partial charge in [0.15, 0.2) is 0 Å². The molecule has 0 aliphatic carbocycles. The van der Waals surface area contributed by atoms with Gasteiger partial charge in [-0.3, -0.25) is 10.1 Å². The van der Waals surface area contributed by atoms with Gasteiger partial charge in [-0.1, -0.05) is 25.5 Å². The molecule has 3 rings (SSSR count). The first-order valence-corrected chi connectivity index (χ1v) is 8.07. The SMILES string of the molecule is CCCCn1c(N=Cc2cc([N+](=O)[O-])ccc2O)nc2ccccc21. The van der Waals surface area contributed by atoms with Crippen LogP contribution in [0.3, 0.4) is 0 Å². The largest absolute Gasteiger partial charge is 0.507 e. The summed E-state index contributed by atoms with van der Waals surface area (Å²) in [6, 6.07) is 11.6. The highest BCUT2D eigenvalue weighted by atomic mass is 16.6. The lowest BCUT2D eigenvalue weighted by Gasteiger charge is -2.05. The fourth-order valence-electron chi connectivity index (χ4n) is 2.58. The Morgan fingerprint density at radius 3 is 2.88 bits per heavy atom. The van der Waals surface area contributed by atoms with Crippen LogP contribution >= 0.6 is 0 Å². The summed E-state index contributed by atoms with van der Waals surface area (Å²) in [5.74, 6) is 0.450. The first-order chi connectivity index (χ1) is 12.1. The summed E-state index contributed by atoms with van der Waals surface area (Å²) in [4.78, 5) is 19.3. The maximum Gasteiger partial charge on any atom is 0.270 e. The van der Waals surface area contributed by atoms with E-state index in [1.165, 1.54) is 24.4 Å². The summed E-state index contributed by atoms with van der Waals surface area (Å²) in [5, 5.41) is 20.8. The molecular formula is C18H18N4O3. The predicted octanol–water partition coefficient (Wildman–Crippen LogP) is 4.20. The van der Waals surface area contributed by atoms with Crippen LogP contribution in [0.25, 0.3) is 11.0 Å². The minimum Gasteiger partial charge on any atom is -0.507 e. The fraction of sp³-hybridized carbons (Fsp3) is 0.222. The normalized spacial score (nSPS) is 11.4. The Hall–Kier alpha value is -3.22. The van der Waals surface area contributed by atoms with Gasteiger partial charge in [0, 0.05) is 30.5 Å². The van der Waals surface area contributed by atoms with E-state index in [1.807, 2.05) is 28.8 Å². The Morgan fingerprint density at radius 1 is 1.32 bits per heavy atom. The quantitative estimate of drug-likeness (QED) is 0.414. The third-order valence-corrected chi connectivity index (χ3v) is 3.91. The second kappa shape index (κ2) is 7.12. The lowest BCUT2D eigenvalue weighted by molar-refractivity contribution is -0.384. The van der Waals surface area contributed by atoms with Crippen molar-refractivity contribution in [2.75, 3.05) is 0 Å². The molecule has 0 saturated carbocycles. The number of nitro groups is 1. The van der Waals surface area contributed by atoms with Crippen molar-refractivity contribution in [1.82, 2.24) is 9.55 Å². The standard InChI is InChI=1S/C18H18N4O3/c1-2-3-10-21-16-7-5-4-6-15(16)20-18(21)19-12-13-11-14(22(24)25)8-9-17(13)23/h4-9,11-12,23H,2-3,10H2,1H3. The van der Waals surface area contributed by atoms with E-state index in [1.54, 1.807) is 0 Å². The number of fused-ring (bicyclic) bond motifs is 1. The average molecular weight is 338 g/mol. The van der Waals surface area contributed by atoms with Crippen LogP contribution in [-0.4, -0.2) is 25.8 Å². The molecule has 7 nitrogen and oxygen atoms in total. The van der Waals surface area contributed by atoms with Gasteiger partial charge < -0.3 is 9.67 Å². The maximum absolute atomic E-state index is 10.9. The zero-order chi connectivity index (χ0) is 17.8. The molecule has 0 spiro atoms. The number of nitrogens with zero attached hydrogens (tertiary/aromatic N) is 4. The number of rotatable bonds is 6. The van der Waals surface area contributed by atoms with Crippen LogP contribution in [0.4, 0.5) is 11.6 Å². The molecule has 25 heavy (non-hydrogen) atoms. The molecule has 128 valence electrons. The molecule has 1 aromatic heterocycles. The van der Waals surface area contributed by atoms with Crippen molar-refractivity contribution in [1.29, 1.82) is 0 Å². The number of non-ortho nitro benzene ring substituents is 1. The smallest absolute Gasteiger partial charge is 0.270 e. The molecule has 0 aliphatic rings. The monoisotopic (exact) mass is 338 g/mol. The van der Waals surface area contributed by atoms with Gasteiger partial charge in [-0.2, -0.15) is 0 Å². The van der Waals surface area contributed by atoms with Gasteiger partial charge >= 0.3 is 0 Å². The van der Waals surface area contributed by atoms with Crippen LogP contribution in [-0.2, 0) is 6.54 Å². The van der Waals surface area contributed by atoms with Crippen LogP contribution in [0.5, 0.6) is 5.75 Å². The molecule has 0 unspecified atom stereocenters. The van der Waals surface area contributed by atoms with Gasteiger partial charge in [-0.25, -0.2) is 9.98 Å². The molecule has 0 amide bonds. The zero-order valence-corrected chi connectivity index (χ0v) is 13.8. The van der Waals surface area contributed by atoms with E-state index in [-0.39, 0.29) is 17.0 Å². The minimum atomic E-state index is -0.507.